The number of carbonyl (C=O) groups excluding carboxylic acids is 1. The molecule has 35 heavy (non-hydrogen) atoms. The van der Waals surface area contributed by atoms with Crippen molar-refractivity contribution in [3.63, 3.8) is 0 Å². The zero-order valence-electron chi connectivity index (χ0n) is 19.5. The number of amides is 1. The van der Waals surface area contributed by atoms with E-state index in [-0.39, 0.29) is 5.91 Å². The number of benzene rings is 3. The molecule has 1 aliphatic heterocycles. The second-order valence-corrected chi connectivity index (χ2v) is 9.18. The Kier molecular flexibility index (Phi) is 6.13. The highest BCUT2D eigenvalue weighted by atomic mass is 79.9. The SMILES string of the molecule is CC1=C(C(=O)N(C)c2ccccc2C)C(c2ccccc2Br)N=C(Nc2nc3ccccc3o2)N1. The number of guanidine groups is 1. The third-order valence-corrected chi connectivity index (χ3v) is 6.69. The van der Waals surface area contributed by atoms with Crippen LogP contribution in [0.5, 0.6) is 0 Å². The number of rotatable bonds is 4. The fourth-order valence-electron chi connectivity index (χ4n) is 4.20. The fraction of sp³-hybridized carbons (Fsp3) is 0.148. The number of oxazole rings is 1. The van der Waals surface area contributed by atoms with Crippen LogP contribution in [-0.4, -0.2) is 23.9 Å². The minimum Gasteiger partial charge on any atom is -0.423 e. The summed E-state index contributed by atoms with van der Waals surface area (Å²) < 4.78 is 6.68. The number of allylic oxidation sites excluding steroid dienone is 1. The van der Waals surface area contributed by atoms with Gasteiger partial charge in [-0.15, -0.1) is 0 Å². The maximum Gasteiger partial charge on any atom is 0.302 e. The fourth-order valence-corrected chi connectivity index (χ4v) is 4.70. The number of fused-ring (bicyclic) bond motifs is 1. The summed E-state index contributed by atoms with van der Waals surface area (Å²) >= 11 is 3.64. The number of aliphatic imine (C=N–C) groups is 1. The van der Waals surface area contributed by atoms with Gasteiger partial charge in [0.05, 0.1) is 5.57 Å². The van der Waals surface area contributed by atoms with E-state index in [2.05, 4.69) is 31.5 Å². The average molecular weight is 530 g/mol. The number of aryl methyl sites for hydroxylation is 1. The van der Waals surface area contributed by atoms with Crippen LogP contribution in [0.3, 0.4) is 0 Å². The standard InChI is InChI=1S/C27H24BrN5O2/c1-16-10-4-8-14-21(16)33(3)25(34)23-17(2)29-26(31-24(23)18-11-5-6-12-19(18)28)32-27-30-20-13-7-9-15-22(20)35-27/h4-15,24H,1-3H3,(H2,29,30,31,32). The number of halogens is 1. The summed E-state index contributed by atoms with van der Waals surface area (Å²) in [4.78, 5) is 24.9. The molecule has 8 heteroatoms. The van der Waals surface area contributed by atoms with Crippen LogP contribution < -0.4 is 15.5 Å². The van der Waals surface area contributed by atoms with Crippen LogP contribution in [-0.2, 0) is 4.79 Å². The molecule has 1 atom stereocenters. The van der Waals surface area contributed by atoms with Gasteiger partial charge in [-0.1, -0.05) is 64.5 Å². The van der Waals surface area contributed by atoms with Crippen molar-refractivity contribution in [1.82, 2.24) is 10.3 Å². The lowest BCUT2D eigenvalue weighted by molar-refractivity contribution is -0.115. The van der Waals surface area contributed by atoms with Gasteiger partial charge in [0, 0.05) is 22.9 Å². The van der Waals surface area contributed by atoms with Gasteiger partial charge in [0.15, 0.2) is 5.58 Å². The topological polar surface area (TPSA) is 82.8 Å². The summed E-state index contributed by atoms with van der Waals surface area (Å²) in [5, 5.41) is 6.37. The van der Waals surface area contributed by atoms with Crippen LogP contribution in [0.2, 0.25) is 0 Å². The molecule has 1 aliphatic rings. The van der Waals surface area contributed by atoms with Crippen molar-refractivity contribution < 1.29 is 9.21 Å². The van der Waals surface area contributed by atoms with Gasteiger partial charge in [-0.25, -0.2) is 4.99 Å². The Balaban J connectivity index is 1.53. The molecule has 0 fully saturated rings. The summed E-state index contributed by atoms with van der Waals surface area (Å²) in [6.07, 6.45) is 0. The normalized spacial score (nSPS) is 15.5. The van der Waals surface area contributed by atoms with Gasteiger partial charge in [-0.3, -0.25) is 10.1 Å². The number of nitrogens with zero attached hydrogens (tertiary/aromatic N) is 3. The Morgan fingerprint density at radius 2 is 1.74 bits per heavy atom. The lowest BCUT2D eigenvalue weighted by Crippen LogP contribution is -2.40. The number of likely N-dealkylation sites (N-methyl/N-ethyl adjacent to an activating group) is 1. The molecule has 0 aliphatic carbocycles. The van der Waals surface area contributed by atoms with E-state index in [0.717, 1.165) is 26.8 Å². The van der Waals surface area contributed by atoms with Crippen molar-refractivity contribution in [2.45, 2.75) is 19.9 Å². The first-order valence-corrected chi connectivity index (χ1v) is 12.0. The molecule has 2 heterocycles. The number of anilines is 2. The molecular formula is C27H24BrN5O2. The molecule has 1 amide bonds. The Labute approximate surface area is 211 Å². The van der Waals surface area contributed by atoms with Crippen molar-refractivity contribution in [2.24, 2.45) is 4.99 Å². The van der Waals surface area contributed by atoms with Crippen molar-refractivity contribution in [3.8, 4) is 0 Å². The summed E-state index contributed by atoms with van der Waals surface area (Å²) in [6, 6.07) is 22.9. The number of para-hydroxylation sites is 3. The average Bonchev–Trinajstić information content (AvgIpc) is 3.26. The van der Waals surface area contributed by atoms with Crippen molar-refractivity contribution in [3.05, 3.63) is 99.7 Å². The highest BCUT2D eigenvalue weighted by Gasteiger charge is 2.33. The van der Waals surface area contributed by atoms with E-state index in [1.54, 1.807) is 11.9 Å². The number of hydrogen-bond donors (Lipinski definition) is 2. The second-order valence-electron chi connectivity index (χ2n) is 8.33. The zero-order valence-corrected chi connectivity index (χ0v) is 21.1. The van der Waals surface area contributed by atoms with Gasteiger partial charge in [-0.05, 0) is 49.2 Å². The number of hydrogen-bond acceptors (Lipinski definition) is 6. The quantitative estimate of drug-likeness (QED) is 0.341. The van der Waals surface area contributed by atoms with Crippen LogP contribution in [0.1, 0.15) is 24.1 Å². The van der Waals surface area contributed by atoms with E-state index in [4.69, 9.17) is 9.41 Å². The van der Waals surface area contributed by atoms with Gasteiger partial charge in [-0.2, -0.15) is 4.98 Å². The predicted molar refractivity (Wildman–Crippen MR) is 142 cm³/mol. The summed E-state index contributed by atoms with van der Waals surface area (Å²) in [5.41, 5.74) is 5.43. The van der Waals surface area contributed by atoms with Crippen LogP contribution in [0, 0.1) is 6.92 Å². The molecule has 0 saturated carbocycles. The molecule has 7 nitrogen and oxygen atoms in total. The monoisotopic (exact) mass is 529 g/mol. The third kappa shape index (κ3) is 4.44. The van der Waals surface area contributed by atoms with Crippen LogP contribution in [0.25, 0.3) is 11.1 Å². The zero-order chi connectivity index (χ0) is 24.5. The van der Waals surface area contributed by atoms with E-state index in [1.807, 2.05) is 86.6 Å². The molecule has 1 aromatic heterocycles. The maximum atomic E-state index is 13.8. The highest BCUT2D eigenvalue weighted by Crippen LogP contribution is 2.36. The molecule has 5 rings (SSSR count). The van der Waals surface area contributed by atoms with Gasteiger partial charge < -0.3 is 14.6 Å². The molecule has 0 bridgehead atoms. The van der Waals surface area contributed by atoms with E-state index < -0.39 is 6.04 Å². The summed E-state index contributed by atoms with van der Waals surface area (Å²) in [5.74, 6) is 0.319. The van der Waals surface area contributed by atoms with Crippen molar-refractivity contribution >= 4 is 50.6 Å². The maximum absolute atomic E-state index is 13.8. The van der Waals surface area contributed by atoms with Gasteiger partial charge in [0.2, 0.25) is 5.96 Å². The van der Waals surface area contributed by atoms with E-state index >= 15 is 0 Å². The van der Waals surface area contributed by atoms with Gasteiger partial charge in [0.1, 0.15) is 11.6 Å². The van der Waals surface area contributed by atoms with Gasteiger partial charge >= 0.3 is 6.01 Å². The molecule has 0 saturated heterocycles. The highest BCUT2D eigenvalue weighted by molar-refractivity contribution is 9.10. The van der Waals surface area contributed by atoms with Crippen LogP contribution in [0.4, 0.5) is 11.7 Å². The first-order valence-electron chi connectivity index (χ1n) is 11.2. The minimum absolute atomic E-state index is 0.130. The predicted octanol–water partition coefficient (Wildman–Crippen LogP) is 5.95. The lowest BCUT2D eigenvalue weighted by atomic mass is 9.95. The Morgan fingerprint density at radius 1 is 1.03 bits per heavy atom. The molecule has 4 aromatic rings. The second kappa shape index (κ2) is 9.38. The number of aromatic nitrogens is 1. The lowest BCUT2D eigenvalue weighted by Gasteiger charge is -2.30. The first kappa shape index (κ1) is 22.9. The Morgan fingerprint density at radius 3 is 2.51 bits per heavy atom. The summed E-state index contributed by atoms with van der Waals surface area (Å²) in [6.45, 7) is 3.87. The first-order chi connectivity index (χ1) is 16.9. The summed E-state index contributed by atoms with van der Waals surface area (Å²) in [7, 11) is 1.79. The van der Waals surface area contributed by atoms with E-state index in [1.165, 1.54) is 0 Å². The van der Waals surface area contributed by atoms with Crippen LogP contribution in [0.15, 0.2) is 97.9 Å². The Hall–Kier alpha value is -3.91. The molecule has 0 radical (unpaired) electrons. The largest absolute Gasteiger partial charge is 0.423 e. The molecule has 176 valence electrons. The molecule has 1 unspecified atom stereocenters. The number of carbonyl (C=O) groups is 1. The molecule has 3 aromatic carbocycles. The van der Waals surface area contributed by atoms with Gasteiger partial charge in [0.25, 0.3) is 5.91 Å². The smallest absolute Gasteiger partial charge is 0.302 e. The molecule has 0 spiro atoms. The molecule has 2 N–H and O–H groups in total. The van der Waals surface area contributed by atoms with Crippen molar-refractivity contribution in [1.29, 1.82) is 0 Å². The third-order valence-electron chi connectivity index (χ3n) is 5.97. The van der Waals surface area contributed by atoms with Crippen LogP contribution >= 0.6 is 15.9 Å². The minimum atomic E-state index is -0.544. The van der Waals surface area contributed by atoms with E-state index in [9.17, 15) is 4.79 Å². The van der Waals surface area contributed by atoms with E-state index in [0.29, 0.717) is 28.8 Å². The Bertz CT molecular complexity index is 1460. The molecular weight excluding hydrogens is 506 g/mol. The van der Waals surface area contributed by atoms with Crippen molar-refractivity contribution in [2.75, 3.05) is 17.3 Å². The number of nitrogens with one attached hydrogen (secondary N) is 2.